The molecule has 0 fully saturated rings. The van der Waals surface area contributed by atoms with Gasteiger partial charge in [-0.2, -0.15) is 0 Å². The maximum absolute atomic E-state index is 5.65. The average Bonchev–Trinajstić information content (AvgIpc) is 2.72. The number of nitrogens with zero attached hydrogens (tertiary/aromatic N) is 1. The van der Waals surface area contributed by atoms with Crippen molar-refractivity contribution in [3.05, 3.63) is 41.5 Å². The fourth-order valence-corrected chi connectivity index (χ4v) is 1.84. The summed E-state index contributed by atoms with van der Waals surface area (Å²) in [5, 5.41) is 0. The zero-order chi connectivity index (χ0) is 12.4. The van der Waals surface area contributed by atoms with Gasteiger partial charge in [-0.1, -0.05) is 38.1 Å². The summed E-state index contributed by atoms with van der Waals surface area (Å²) in [4.78, 5) is 4.46. The van der Waals surface area contributed by atoms with Gasteiger partial charge in [-0.25, -0.2) is 4.98 Å². The Morgan fingerprint density at radius 2 is 1.88 bits per heavy atom. The van der Waals surface area contributed by atoms with Crippen molar-refractivity contribution in [2.24, 2.45) is 5.73 Å². The molecule has 2 aromatic rings. The molecular formula is C14H18N2O. The van der Waals surface area contributed by atoms with Gasteiger partial charge in [0.1, 0.15) is 11.5 Å². The fraction of sp³-hybridized carbons (Fsp3) is 0.357. The summed E-state index contributed by atoms with van der Waals surface area (Å²) in [6.45, 7) is 6.66. The van der Waals surface area contributed by atoms with Crippen LogP contribution in [-0.2, 0) is 6.54 Å². The fourth-order valence-electron chi connectivity index (χ4n) is 1.84. The molecule has 0 aliphatic carbocycles. The molecule has 1 aromatic carbocycles. The Kier molecular flexibility index (Phi) is 3.29. The molecule has 2 N–H and O–H groups in total. The second-order valence-corrected chi connectivity index (χ2v) is 4.50. The summed E-state index contributed by atoms with van der Waals surface area (Å²) < 4.78 is 5.65. The summed E-state index contributed by atoms with van der Waals surface area (Å²) in [6.07, 6.45) is 0. The standard InChI is InChI=1S/C14H18N2O/c1-9(2)14-13(16-10(3)17-14)12-6-4-11(8-15)5-7-12/h4-7,9H,8,15H2,1-3H3. The molecule has 0 amide bonds. The van der Waals surface area contributed by atoms with Crippen molar-refractivity contribution in [2.75, 3.05) is 0 Å². The molecule has 0 radical (unpaired) electrons. The third kappa shape index (κ3) is 2.39. The van der Waals surface area contributed by atoms with Crippen LogP contribution in [-0.4, -0.2) is 4.98 Å². The van der Waals surface area contributed by atoms with Crippen LogP contribution in [0.15, 0.2) is 28.7 Å². The number of hydrogen-bond donors (Lipinski definition) is 1. The molecule has 0 saturated carbocycles. The van der Waals surface area contributed by atoms with Crippen molar-refractivity contribution in [2.45, 2.75) is 33.2 Å². The van der Waals surface area contributed by atoms with Gasteiger partial charge in [0, 0.05) is 24.9 Å². The van der Waals surface area contributed by atoms with E-state index in [1.165, 1.54) is 0 Å². The van der Waals surface area contributed by atoms with Gasteiger partial charge in [-0.05, 0) is 5.56 Å². The molecule has 3 heteroatoms. The predicted molar refractivity (Wildman–Crippen MR) is 68.7 cm³/mol. The minimum atomic E-state index is 0.334. The smallest absolute Gasteiger partial charge is 0.191 e. The first kappa shape index (κ1) is 11.9. The van der Waals surface area contributed by atoms with E-state index in [9.17, 15) is 0 Å². The van der Waals surface area contributed by atoms with Crippen LogP contribution < -0.4 is 5.73 Å². The van der Waals surface area contributed by atoms with Crippen molar-refractivity contribution in [3.63, 3.8) is 0 Å². The summed E-state index contributed by atoms with van der Waals surface area (Å²) >= 11 is 0. The molecule has 1 heterocycles. The Morgan fingerprint density at radius 1 is 1.24 bits per heavy atom. The first-order valence-corrected chi connectivity index (χ1v) is 5.88. The van der Waals surface area contributed by atoms with Crippen LogP contribution in [0.4, 0.5) is 0 Å². The number of oxazole rings is 1. The van der Waals surface area contributed by atoms with E-state index in [4.69, 9.17) is 10.2 Å². The van der Waals surface area contributed by atoms with Gasteiger partial charge < -0.3 is 10.2 Å². The lowest BCUT2D eigenvalue weighted by atomic mass is 10.0. The molecule has 0 atom stereocenters. The number of aromatic nitrogens is 1. The summed E-state index contributed by atoms with van der Waals surface area (Å²) in [6, 6.07) is 8.16. The highest BCUT2D eigenvalue weighted by molar-refractivity contribution is 5.62. The van der Waals surface area contributed by atoms with Gasteiger partial charge in [0.25, 0.3) is 0 Å². The van der Waals surface area contributed by atoms with Crippen LogP contribution in [0.3, 0.4) is 0 Å². The SMILES string of the molecule is Cc1nc(-c2ccc(CN)cc2)c(C(C)C)o1. The topological polar surface area (TPSA) is 52.0 Å². The van der Waals surface area contributed by atoms with Crippen LogP contribution in [0.5, 0.6) is 0 Å². The van der Waals surface area contributed by atoms with Gasteiger partial charge >= 0.3 is 0 Å². The largest absolute Gasteiger partial charge is 0.445 e. The molecule has 0 spiro atoms. The molecule has 17 heavy (non-hydrogen) atoms. The van der Waals surface area contributed by atoms with Gasteiger partial charge in [0.05, 0.1) is 0 Å². The number of nitrogens with two attached hydrogens (primary N) is 1. The number of benzene rings is 1. The maximum Gasteiger partial charge on any atom is 0.191 e. The number of aryl methyl sites for hydroxylation is 1. The molecule has 2 rings (SSSR count). The van der Waals surface area contributed by atoms with Crippen molar-refractivity contribution < 1.29 is 4.42 Å². The lowest BCUT2D eigenvalue weighted by Crippen LogP contribution is -1.95. The van der Waals surface area contributed by atoms with Gasteiger partial charge in [-0.15, -0.1) is 0 Å². The van der Waals surface area contributed by atoms with Crippen molar-refractivity contribution >= 4 is 0 Å². The van der Waals surface area contributed by atoms with Gasteiger partial charge in [0.2, 0.25) is 0 Å². The Hall–Kier alpha value is -1.61. The first-order valence-electron chi connectivity index (χ1n) is 5.88. The Labute approximate surface area is 102 Å². The van der Waals surface area contributed by atoms with E-state index < -0.39 is 0 Å². The third-order valence-corrected chi connectivity index (χ3v) is 2.75. The minimum Gasteiger partial charge on any atom is -0.445 e. The van der Waals surface area contributed by atoms with Crippen LogP contribution >= 0.6 is 0 Å². The molecule has 0 unspecified atom stereocenters. The van der Waals surface area contributed by atoms with E-state index >= 15 is 0 Å². The Bertz CT molecular complexity index is 497. The van der Waals surface area contributed by atoms with E-state index in [2.05, 4.69) is 18.8 Å². The molecule has 0 aliphatic rings. The van der Waals surface area contributed by atoms with Crippen LogP contribution in [0, 0.1) is 6.92 Å². The van der Waals surface area contributed by atoms with E-state index in [1.807, 2.05) is 31.2 Å². The van der Waals surface area contributed by atoms with E-state index in [-0.39, 0.29) is 0 Å². The van der Waals surface area contributed by atoms with Crippen LogP contribution in [0.1, 0.15) is 37.0 Å². The monoisotopic (exact) mass is 230 g/mol. The highest BCUT2D eigenvalue weighted by atomic mass is 16.4. The van der Waals surface area contributed by atoms with Crippen molar-refractivity contribution in [1.29, 1.82) is 0 Å². The minimum absolute atomic E-state index is 0.334. The molecule has 1 aromatic heterocycles. The zero-order valence-corrected chi connectivity index (χ0v) is 10.5. The highest BCUT2D eigenvalue weighted by Gasteiger charge is 2.15. The second-order valence-electron chi connectivity index (χ2n) is 4.50. The molecule has 0 bridgehead atoms. The summed E-state index contributed by atoms with van der Waals surface area (Å²) in [5.74, 6) is 2.00. The Morgan fingerprint density at radius 3 is 2.41 bits per heavy atom. The van der Waals surface area contributed by atoms with Gasteiger partial charge in [-0.3, -0.25) is 0 Å². The Balaban J connectivity index is 2.44. The van der Waals surface area contributed by atoms with Crippen molar-refractivity contribution in [3.8, 4) is 11.3 Å². The van der Waals surface area contributed by atoms with E-state index in [1.54, 1.807) is 0 Å². The summed E-state index contributed by atoms with van der Waals surface area (Å²) in [7, 11) is 0. The molecule has 3 nitrogen and oxygen atoms in total. The first-order chi connectivity index (χ1) is 8.11. The quantitative estimate of drug-likeness (QED) is 0.880. The van der Waals surface area contributed by atoms with E-state index in [0.29, 0.717) is 18.4 Å². The highest BCUT2D eigenvalue weighted by Crippen LogP contribution is 2.29. The molecular weight excluding hydrogens is 212 g/mol. The van der Waals surface area contributed by atoms with Crippen LogP contribution in [0.25, 0.3) is 11.3 Å². The molecule has 0 saturated heterocycles. The summed E-state index contributed by atoms with van der Waals surface area (Å²) in [5.41, 5.74) is 8.74. The normalized spacial score (nSPS) is 11.1. The molecule has 90 valence electrons. The van der Waals surface area contributed by atoms with E-state index in [0.717, 1.165) is 22.6 Å². The average molecular weight is 230 g/mol. The number of hydrogen-bond acceptors (Lipinski definition) is 3. The lowest BCUT2D eigenvalue weighted by Gasteiger charge is -2.04. The van der Waals surface area contributed by atoms with Crippen molar-refractivity contribution in [1.82, 2.24) is 4.98 Å². The third-order valence-electron chi connectivity index (χ3n) is 2.75. The number of rotatable bonds is 3. The maximum atomic E-state index is 5.65. The van der Waals surface area contributed by atoms with Gasteiger partial charge in [0.15, 0.2) is 5.89 Å². The predicted octanol–water partition coefficient (Wildman–Crippen LogP) is 3.23. The van der Waals surface area contributed by atoms with Crippen LogP contribution in [0.2, 0.25) is 0 Å². The molecule has 0 aliphatic heterocycles. The lowest BCUT2D eigenvalue weighted by molar-refractivity contribution is 0.457. The zero-order valence-electron chi connectivity index (χ0n) is 10.5. The second kappa shape index (κ2) is 4.72.